The van der Waals surface area contributed by atoms with Gasteiger partial charge in [-0.25, -0.2) is 9.59 Å². The van der Waals surface area contributed by atoms with Crippen LogP contribution in [-0.4, -0.2) is 36.2 Å². The Morgan fingerprint density at radius 3 is 2.35 bits per heavy atom. The molecule has 1 aromatic carbocycles. The fourth-order valence-corrected chi connectivity index (χ4v) is 1.54. The predicted octanol–water partition coefficient (Wildman–Crippen LogP) is 1.88. The zero-order valence-electron chi connectivity index (χ0n) is 11.1. The van der Waals surface area contributed by atoms with E-state index < -0.39 is 11.9 Å². The largest absolute Gasteiger partial charge is 0.478 e. The number of carboxylic acid groups (broad SMARTS) is 1. The smallest absolute Gasteiger partial charge is 0.339 e. The normalized spacial score (nSPS) is 9.85. The Bertz CT molecular complexity index is 494. The highest BCUT2D eigenvalue weighted by molar-refractivity contribution is 6.02. The molecule has 0 atom stereocenters. The Labute approximate surface area is 116 Å². The van der Waals surface area contributed by atoms with E-state index in [1.807, 2.05) is 0 Å². The molecule has 6 nitrogen and oxygen atoms in total. The zero-order chi connectivity index (χ0) is 15.0. The summed E-state index contributed by atoms with van der Waals surface area (Å²) in [5.74, 6) is -2.26. The number of carbonyl (C=O) groups excluding carboxylic acids is 2. The summed E-state index contributed by atoms with van der Waals surface area (Å²) in [5, 5.41) is 8.95. The van der Waals surface area contributed by atoms with Crippen molar-refractivity contribution in [3.05, 3.63) is 35.4 Å². The van der Waals surface area contributed by atoms with Gasteiger partial charge in [-0.05, 0) is 25.5 Å². The number of hydrogen-bond acceptors (Lipinski definition) is 5. The van der Waals surface area contributed by atoms with Crippen LogP contribution in [0.25, 0.3) is 0 Å². The summed E-state index contributed by atoms with van der Waals surface area (Å²) in [6.45, 7) is 2.05. The lowest BCUT2D eigenvalue weighted by Gasteiger charge is -2.07. The maximum atomic E-state index is 11.7. The van der Waals surface area contributed by atoms with Crippen LogP contribution in [0, 0.1) is 0 Å². The van der Waals surface area contributed by atoms with Gasteiger partial charge in [0.1, 0.15) is 0 Å². The van der Waals surface area contributed by atoms with E-state index >= 15 is 0 Å². The summed E-state index contributed by atoms with van der Waals surface area (Å²) >= 11 is 0. The van der Waals surface area contributed by atoms with Crippen molar-refractivity contribution in [2.24, 2.45) is 0 Å². The molecule has 6 heteroatoms. The fraction of sp³-hybridized carbons (Fsp3) is 0.357. The average Bonchev–Trinajstić information content (AvgIpc) is 2.43. The van der Waals surface area contributed by atoms with E-state index in [1.165, 1.54) is 18.2 Å². The van der Waals surface area contributed by atoms with E-state index in [0.29, 0.717) is 13.0 Å². The first-order valence-corrected chi connectivity index (χ1v) is 6.21. The summed E-state index contributed by atoms with van der Waals surface area (Å²) in [6, 6.07) is 5.80. The lowest BCUT2D eigenvalue weighted by atomic mass is 10.1. The second-order valence-corrected chi connectivity index (χ2v) is 3.90. The third kappa shape index (κ3) is 4.72. The molecule has 0 radical (unpaired) electrons. The maximum Gasteiger partial charge on any atom is 0.339 e. The first-order valence-electron chi connectivity index (χ1n) is 6.21. The van der Waals surface area contributed by atoms with E-state index in [0.717, 1.165) is 0 Å². The first kappa shape index (κ1) is 15.7. The van der Waals surface area contributed by atoms with E-state index in [2.05, 4.69) is 0 Å². The number of esters is 2. The van der Waals surface area contributed by atoms with Crippen molar-refractivity contribution in [1.82, 2.24) is 0 Å². The minimum absolute atomic E-state index is 0.00358. The molecule has 1 aromatic rings. The predicted molar refractivity (Wildman–Crippen MR) is 69.6 cm³/mol. The highest BCUT2D eigenvalue weighted by Gasteiger charge is 2.16. The third-order valence-electron chi connectivity index (χ3n) is 2.44. The van der Waals surface area contributed by atoms with Crippen LogP contribution in [0.15, 0.2) is 24.3 Å². The number of benzene rings is 1. The molecule has 0 spiro atoms. The molecular formula is C14H16O6. The van der Waals surface area contributed by atoms with E-state index in [4.69, 9.17) is 14.6 Å². The second-order valence-electron chi connectivity index (χ2n) is 3.90. The lowest BCUT2D eigenvalue weighted by molar-refractivity contribution is -0.143. The molecule has 0 aliphatic carbocycles. The van der Waals surface area contributed by atoms with Crippen LogP contribution in [0.4, 0.5) is 0 Å². The summed E-state index contributed by atoms with van der Waals surface area (Å²) in [7, 11) is 0. The van der Waals surface area contributed by atoms with Gasteiger partial charge in [-0.1, -0.05) is 12.1 Å². The summed E-state index contributed by atoms with van der Waals surface area (Å²) in [6.07, 6.45) is 0.488. The van der Waals surface area contributed by atoms with E-state index in [1.54, 1.807) is 13.0 Å². The van der Waals surface area contributed by atoms with Crippen molar-refractivity contribution in [1.29, 1.82) is 0 Å². The number of ether oxygens (including phenoxy) is 2. The van der Waals surface area contributed by atoms with Crippen LogP contribution in [0.1, 0.15) is 40.5 Å². The van der Waals surface area contributed by atoms with Crippen molar-refractivity contribution in [2.45, 2.75) is 19.8 Å². The molecule has 1 rings (SSSR count). The van der Waals surface area contributed by atoms with Gasteiger partial charge in [0.2, 0.25) is 0 Å². The lowest BCUT2D eigenvalue weighted by Crippen LogP contribution is -2.13. The molecule has 0 fully saturated rings. The Morgan fingerprint density at radius 1 is 1.10 bits per heavy atom. The Kier molecular flexibility index (Phi) is 6.22. The van der Waals surface area contributed by atoms with Crippen LogP contribution in [0.5, 0.6) is 0 Å². The Hall–Kier alpha value is -2.37. The molecule has 1 N–H and O–H groups in total. The SMILES string of the molecule is CCOC(=O)CCCOC(=O)c1ccccc1C(=O)O. The van der Waals surface area contributed by atoms with Gasteiger partial charge < -0.3 is 14.6 Å². The van der Waals surface area contributed by atoms with Crippen LogP contribution < -0.4 is 0 Å². The molecule has 0 bridgehead atoms. The minimum atomic E-state index is -1.19. The number of carbonyl (C=O) groups is 3. The number of rotatable bonds is 7. The van der Waals surface area contributed by atoms with E-state index in [-0.39, 0.29) is 30.1 Å². The molecule has 0 unspecified atom stereocenters. The van der Waals surface area contributed by atoms with Gasteiger partial charge in [-0.2, -0.15) is 0 Å². The number of carboxylic acids is 1. The Morgan fingerprint density at radius 2 is 1.75 bits per heavy atom. The van der Waals surface area contributed by atoms with Gasteiger partial charge in [-0.3, -0.25) is 4.79 Å². The average molecular weight is 280 g/mol. The molecule has 20 heavy (non-hydrogen) atoms. The van der Waals surface area contributed by atoms with Crippen molar-refractivity contribution < 1.29 is 29.0 Å². The third-order valence-corrected chi connectivity index (χ3v) is 2.44. The molecule has 0 aromatic heterocycles. The first-order chi connectivity index (χ1) is 9.56. The minimum Gasteiger partial charge on any atom is -0.478 e. The van der Waals surface area contributed by atoms with Crippen LogP contribution in [0.3, 0.4) is 0 Å². The van der Waals surface area contributed by atoms with Crippen molar-refractivity contribution in [2.75, 3.05) is 13.2 Å². The molecule has 0 saturated carbocycles. The molecule has 0 heterocycles. The highest BCUT2D eigenvalue weighted by atomic mass is 16.5. The molecule has 0 saturated heterocycles. The Balaban J connectivity index is 2.48. The van der Waals surface area contributed by atoms with Gasteiger partial charge in [0.05, 0.1) is 24.3 Å². The van der Waals surface area contributed by atoms with Crippen LogP contribution in [0.2, 0.25) is 0 Å². The topological polar surface area (TPSA) is 89.9 Å². The van der Waals surface area contributed by atoms with Gasteiger partial charge in [0.25, 0.3) is 0 Å². The van der Waals surface area contributed by atoms with E-state index in [9.17, 15) is 14.4 Å². The van der Waals surface area contributed by atoms with Gasteiger partial charge >= 0.3 is 17.9 Å². The standard InChI is InChI=1S/C14H16O6/c1-2-19-12(15)8-5-9-20-14(18)11-7-4-3-6-10(11)13(16)17/h3-4,6-7H,2,5,8-9H2,1H3,(H,16,17). The molecule has 0 amide bonds. The van der Waals surface area contributed by atoms with Gasteiger partial charge in [0.15, 0.2) is 0 Å². The van der Waals surface area contributed by atoms with Crippen LogP contribution >= 0.6 is 0 Å². The quantitative estimate of drug-likeness (QED) is 0.606. The molecule has 108 valence electrons. The second kappa shape index (κ2) is 7.93. The fourth-order valence-electron chi connectivity index (χ4n) is 1.54. The van der Waals surface area contributed by atoms with Crippen molar-refractivity contribution >= 4 is 17.9 Å². The monoisotopic (exact) mass is 280 g/mol. The van der Waals surface area contributed by atoms with Gasteiger partial charge in [-0.15, -0.1) is 0 Å². The number of aromatic carboxylic acids is 1. The van der Waals surface area contributed by atoms with Crippen molar-refractivity contribution in [3.8, 4) is 0 Å². The zero-order valence-corrected chi connectivity index (χ0v) is 11.1. The maximum absolute atomic E-state index is 11.7. The summed E-state index contributed by atoms with van der Waals surface area (Å²) in [4.78, 5) is 33.7. The number of hydrogen-bond donors (Lipinski definition) is 1. The van der Waals surface area contributed by atoms with Gasteiger partial charge in [0, 0.05) is 6.42 Å². The molecule has 0 aliphatic heterocycles. The van der Waals surface area contributed by atoms with Crippen molar-refractivity contribution in [3.63, 3.8) is 0 Å². The van der Waals surface area contributed by atoms with Crippen LogP contribution in [-0.2, 0) is 14.3 Å². The molecule has 0 aliphatic rings. The highest BCUT2D eigenvalue weighted by Crippen LogP contribution is 2.10. The molecular weight excluding hydrogens is 264 g/mol. The summed E-state index contributed by atoms with van der Waals surface area (Å²) in [5.41, 5.74) is -0.112. The summed E-state index contributed by atoms with van der Waals surface area (Å²) < 4.78 is 9.66.